The molecule has 9 nitrogen and oxygen atoms in total. The van der Waals surface area contributed by atoms with Gasteiger partial charge in [-0.05, 0) is 60.7 Å². The van der Waals surface area contributed by atoms with E-state index in [4.69, 9.17) is 19.4 Å². The number of hydrogen-bond acceptors (Lipinski definition) is 11. The molecular weight excluding hydrogens is 591 g/mol. The molecule has 0 N–H and O–H groups in total. The monoisotopic (exact) mass is 609 g/mol. The van der Waals surface area contributed by atoms with Crippen LogP contribution in [-0.4, -0.2) is 34.6 Å². The predicted molar refractivity (Wildman–Crippen MR) is 174 cm³/mol. The molecule has 0 fully saturated rings. The molecule has 11 heteroatoms. The molecule has 0 bridgehead atoms. The lowest BCUT2D eigenvalue weighted by atomic mass is 10.0. The summed E-state index contributed by atoms with van der Waals surface area (Å²) in [5.41, 5.74) is 10.3. The summed E-state index contributed by atoms with van der Waals surface area (Å²) in [7, 11) is 1.65. The number of benzene rings is 5. The molecule has 1 aliphatic rings. The molecule has 0 amide bonds. The van der Waals surface area contributed by atoms with Gasteiger partial charge in [-0.25, -0.2) is 9.97 Å². The summed E-state index contributed by atoms with van der Waals surface area (Å²) in [6, 6.07) is 32.3. The van der Waals surface area contributed by atoms with E-state index in [1.54, 1.807) is 7.11 Å². The van der Waals surface area contributed by atoms with Crippen molar-refractivity contribution in [3.8, 4) is 39.8 Å². The second kappa shape index (κ2) is 9.76. The zero-order valence-corrected chi connectivity index (χ0v) is 24.6. The summed E-state index contributed by atoms with van der Waals surface area (Å²) < 4.78 is 29.8. The molecule has 1 aliphatic heterocycles. The van der Waals surface area contributed by atoms with Crippen molar-refractivity contribution < 1.29 is 9.47 Å². The molecule has 0 saturated heterocycles. The number of hydrogen-bond donors (Lipinski definition) is 0. The van der Waals surface area contributed by atoms with Crippen molar-refractivity contribution in [3.63, 3.8) is 0 Å². The van der Waals surface area contributed by atoms with Gasteiger partial charge in [0.25, 0.3) is 0 Å². The smallest absolute Gasteiger partial charge is 0.151 e. The Hall–Kier alpha value is -5.52. The number of para-hydroxylation sites is 4. The highest BCUT2D eigenvalue weighted by Gasteiger charge is 2.26. The number of aromatic nitrogens is 6. The van der Waals surface area contributed by atoms with E-state index in [0.717, 1.165) is 80.3 Å². The number of ether oxygens (including phenoxy) is 2. The predicted octanol–water partition coefficient (Wildman–Crippen LogP) is 8.56. The van der Waals surface area contributed by atoms with Crippen molar-refractivity contribution in [2.75, 3.05) is 12.0 Å². The molecule has 0 aliphatic carbocycles. The van der Waals surface area contributed by atoms with Crippen LogP contribution in [0.2, 0.25) is 0 Å². The third-order valence-corrected chi connectivity index (χ3v) is 8.80. The molecule has 0 atom stereocenters. The Morgan fingerprint density at radius 2 is 1.00 bits per heavy atom. The lowest BCUT2D eigenvalue weighted by Gasteiger charge is -2.32. The van der Waals surface area contributed by atoms with E-state index in [1.165, 1.54) is 0 Å². The first kappa shape index (κ1) is 25.0. The fraction of sp³-hybridized carbons (Fsp3) is 0.0303. The Balaban J connectivity index is 1.25. The van der Waals surface area contributed by atoms with E-state index in [2.05, 4.69) is 58.8 Å². The van der Waals surface area contributed by atoms with Crippen LogP contribution in [0.1, 0.15) is 0 Å². The molecule has 0 unspecified atom stereocenters. The molecule has 8 aromatic rings. The number of fused-ring (bicyclic) bond motifs is 8. The van der Waals surface area contributed by atoms with E-state index in [0.29, 0.717) is 33.1 Å². The average Bonchev–Trinajstić information content (AvgIpc) is 3.78. The van der Waals surface area contributed by atoms with Crippen LogP contribution in [0.15, 0.2) is 97.1 Å². The topological polar surface area (TPSA) is 99.0 Å². The van der Waals surface area contributed by atoms with Crippen LogP contribution in [0, 0.1) is 0 Å². The van der Waals surface area contributed by atoms with Gasteiger partial charge in [-0.2, -0.15) is 17.5 Å². The van der Waals surface area contributed by atoms with Crippen molar-refractivity contribution in [2.24, 2.45) is 0 Å². The van der Waals surface area contributed by atoms with Crippen LogP contribution in [0.5, 0.6) is 17.2 Å². The van der Waals surface area contributed by atoms with Crippen LogP contribution in [0.25, 0.3) is 55.6 Å². The van der Waals surface area contributed by atoms with Gasteiger partial charge in [0.1, 0.15) is 38.8 Å². The van der Waals surface area contributed by atoms with E-state index in [1.807, 2.05) is 60.7 Å². The number of rotatable bonds is 4. The molecule has 0 radical (unpaired) electrons. The SMILES string of the molecule is COc1ccc(-c2nc3c4nsnc4c4nsnc4c3nc2-c2ccc(N3c4ccccc4Oc4ccccc43)cc2)cc1. The quantitative estimate of drug-likeness (QED) is 0.194. The maximum Gasteiger partial charge on any atom is 0.151 e. The standard InChI is InChI=1S/C33H19N7O2S2/c1-41-21-16-12-19(13-17-21)27-26(34-28-29(35-27)31-33(39-44-37-31)32-30(28)36-43-38-32)18-10-14-20(15-11-18)40-22-6-2-4-8-24(22)42-25-9-5-3-7-23(25)40/h2-17H,1H3. The third kappa shape index (κ3) is 3.76. The highest BCUT2D eigenvalue weighted by Crippen LogP contribution is 2.50. The van der Waals surface area contributed by atoms with E-state index in [-0.39, 0.29) is 0 Å². The van der Waals surface area contributed by atoms with Gasteiger partial charge in [0, 0.05) is 16.8 Å². The van der Waals surface area contributed by atoms with E-state index in [9.17, 15) is 0 Å². The average molecular weight is 610 g/mol. The van der Waals surface area contributed by atoms with Gasteiger partial charge in [-0.1, -0.05) is 36.4 Å². The first-order chi connectivity index (χ1) is 21.8. The van der Waals surface area contributed by atoms with Crippen molar-refractivity contribution in [1.29, 1.82) is 0 Å². The Kier molecular flexibility index (Phi) is 5.55. The molecule has 5 aromatic carbocycles. The number of methoxy groups -OCH3 is 1. The van der Waals surface area contributed by atoms with Gasteiger partial charge in [-0.3, -0.25) is 0 Å². The van der Waals surface area contributed by atoms with Crippen LogP contribution in [0.4, 0.5) is 17.1 Å². The molecule has 9 rings (SSSR count). The Labute approximate surface area is 258 Å². The lowest BCUT2D eigenvalue weighted by Crippen LogP contribution is -2.15. The molecule has 0 spiro atoms. The first-order valence-corrected chi connectivity index (χ1v) is 15.2. The van der Waals surface area contributed by atoms with Crippen LogP contribution < -0.4 is 14.4 Å². The first-order valence-electron chi connectivity index (χ1n) is 13.8. The summed E-state index contributed by atoms with van der Waals surface area (Å²) in [5, 5.41) is 0. The minimum absolute atomic E-state index is 0.654. The fourth-order valence-corrected chi connectivity index (χ4v) is 6.77. The maximum absolute atomic E-state index is 6.21. The fourth-order valence-electron chi connectivity index (χ4n) is 5.67. The van der Waals surface area contributed by atoms with E-state index >= 15 is 0 Å². The van der Waals surface area contributed by atoms with Crippen LogP contribution >= 0.6 is 23.5 Å². The Morgan fingerprint density at radius 3 is 1.50 bits per heavy atom. The molecular formula is C33H19N7O2S2. The lowest BCUT2D eigenvalue weighted by molar-refractivity contribution is 0.415. The molecule has 44 heavy (non-hydrogen) atoms. The van der Waals surface area contributed by atoms with Crippen molar-refractivity contribution in [2.45, 2.75) is 0 Å². The van der Waals surface area contributed by atoms with E-state index < -0.39 is 0 Å². The van der Waals surface area contributed by atoms with Crippen LogP contribution in [-0.2, 0) is 0 Å². The molecule has 4 heterocycles. The number of anilines is 3. The molecule has 210 valence electrons. The Bertz CT molecular complexity index is 2320. The Morgan fingerprint density at radius 1 is 0.545 bits per heavy atom. The van der Waals surface area contributed by atoms with Crippen molar-refractivity contribution in [3.05, 3.63) is 97.1 Å². The zero-order chi connectivity index (χ0) is 29.2. The summed E-state index contributed by atoms with van der Waals surface area (Å²) in [4.78, 5) is 12.6. The largest absolute Gasteiger partial charge is 0.497 e. The highest BCUT2D eigenvalue weighted by molar-refractivity contribution is 7.01. The summed E-state index contributed by atoms with van der Waals surface area (Å²) in [5.74, 6) is 2.38. The van der Waals surface area contributed by atoms with Crippen LogP contribution in [0.3, 0.4) is 0 Å². The van der Waals surface area contributed by atoms with Gasteiger partial charge in [0.2, 0.25) is 0 Å². The summed E-state index contributed by atoms with van der Waals surface area (Å²) in [6.07, 6.45) is 0. The number of nitrogens with zero attached hydrogens (tertiary/aromatic N) is 7. The molecule has 0 saturated carbocycles. The minimum Gasteiger partial charge on any atom is -0.497 e. The van der Waals surface area contributed by atoms with Gasteiger partial charge in [-0.15, -0.1) is 0 Å². The minimum atomic E-state index is 0.654. The second-order valence-electron chi connectivity index (χ2n) is 10.2. The normalized spacial score (nSPS) is 12.3. The summed E-state index contributed by atoms with van der Waals surface area (Å²) >= 11 is 2.28. The maximum atomic E-state index is 6.21. The zero-order valence-electron chi connectivity index (χ0n) is 23.0. The van der Waals surface area contributed by atoms with Crippen molar-refractivity contribution in [1.82, 2.24) is 27.5 Å². The van der Waals surface area contributed by atoms with Gasteiger partial charge >= 0.3 is 0 Å². The summed E-state index contributed by atoms with van der Waals surface area (Å²) in [6.45, 7) is 0. The molecule has 3 aromatic heterocycles. The highest BCUT2D eigenvalue weighted by atomic mass is 32.1. The van der Waals surface area contributed by atoms with Crippen molar-refractivity contribution >= 4 is 73.6 Å². The van der Waals surface area contributed by atoms with Gasteiger partial charge < -0.3 is 14.4 Å². The van der Waals surface area contributed by atoms with Gasteiger partial charge in [0.05, 0.1) is 53.3 Å². The third-order valence-electron chi connectivity index (χ3n) is 7.74. The second-order valence-corrected chi connectivity index (χ2v) is 11.2. The van der Waals surface area contributed by atoms with Gasteiger partial charge in [0.15, 0.2) is 11.5 Å².